The van der Waals surface area contributed by atoms with Gasteiger partial charge in [-0.1, -0.05) is 37.3 Å². The van der Waals surface area contributed by atoms with Crippen LogP contribution in [0.5, 0.6) is 0 Å². The Morgan fingerprint density at radius 2 is 2.44 bits per heavy atom. The Morgan fingerprint density at radius 1 is 1.56 bits per heavy atom. The van der Waals surface area contributed by atoms with Gasteiger partial charge in [0.05, 0.1) is 0 Å². The first-order valence-electron chi connectivity index (χ1n) is 5.74. The number of hydrogen-bond donors (Lipinski definition) is 0. The molecule has 0 amide bonds. The Balaban J connectivity index is 2.18. The Hall–Kier alpha value is -1.57. The van der Waals surface area contributed by atoms with E-state index >= 15 is 0 Å². The van der Waals surface area contributed by atoms with Crippen LogP contribution in [0.4, 0.5) is 0 Å². The van der Waals surface area contributed by atoms with Crippen LogP contribution in [0.3, 0.4) is 0 Å². The summed E-state index contributed by atoms with van der Waals surface area (Å²) >= 11 is 0. The zero-order chi connectivity index (χ0) is 11.4. The van der Waals surface area contributed by atoms with E-state index in [-0.39, 0.29) is 0 Å². The zero-order valence-electron chi connectivity index (χ0n) is 9.76. The first-order valence-corrected chi connectivity index (χ1v) is 5.74. The molecule has 0 saturated heterocycles. The van der Waals surface area contributed by atoms with Gasteiger partial charge < -0.3 is 4.90 Å². The van der Waals surface area contributed by atoms with Gasteiger partial charge in [0.15, 0.2) is 0 Å². The summed E-state index contributed by atoms with van der Waals surface area (Å²) in [4.78, 5) is 6.20. The second-order valence-electron chi connectivity index (χ2n) is 4.30. The van der Waals surface area contributed by atoms with Gasteiger partial charge in [-0.25, -0.2) is 0 Å². The van der Waals surface area contributed by atoms with Gasteiger partial charge in [0.2, 0.25) is 0 Å². The molecule has 16 heavy (non-hydrogen) atoms. The predicted octanol–water partition coefficient (Wildman–Crippen LogP) is 2.92. The summed E-state index contributed by atoms with van der Waals surface area (Å²) in [6.45, 7) is 7.39. The summed E-state index contributed by atoms with van der Waals surface area (Å²) in [6.07, 6.45) is 14.3. The van der Waals surface area contributed by atoms with Crippen LogP contribution < -0.4 is 0 Å². The molecule has 84 valence electrons. The van der Waals surface area contributed by atoms with E-state index in [0.717, 1.165) is 13.0 Å². The van der Waals surface area contributed by atoms with E-state index in [1.54, 1.807) is 0 Å². The fourth-order valence-corrected chi connectivity index (χ4v) is 2.00. The van der Waals surface area contributed by atoms with Crippen molar-refractivity contribution in [3.05, 3.63) is 47.7 Å². The van der Waals surface area contributed by atoms with Gasteiger partial charge in [0, 0.05) is 12.2 Å². The van der Waals surface area contributed by atoms with Crippen LogP contribution in [0.15, 0.2) is 52.7 Å². The number of nitrogens with zero attached hydrogens (tertiary/aromatic N) is 2. The molecule has 0 saturated carbocycles. The van der Waals surface area contributed by atoms with Crippen molar-refractivity contribution in [2.75, 3.05) is 13.2 Å². The van der Waals surface area contributed by atoms with Crippen molar-refractivity contribution in [1.82, 2.24) is 4.90 Å². The third-order valence-corrected chi connectivity index (χ3v) is 2.94. The van der Waals surface area contributed by atoms with Crippen molar-refractivity contribution < 1.29 is 0 Å². The lowest BCUT2D eigenvalue weighted by molar-refractivity contribution is 0.398. The summed E-state index contributed by atoms with van der Waals surface area (Å²) in [5.41, 5.74) is 2.57. The Labute approximate surface area is 97.4 Å². The van der Waals surface area contributed by atoms with E-state index in [2.05, 4.69) is 60.0 Å². The highest BCUT2D eigenvalue weighted by Crippen LogP contribution is 2.25. The Bertz CT molecular complexity index is 384. The van der Waals surface area contributed by atoms with E-state index in [9.17, 15) is 0 Å². The first kappa shape index (κ1) is 10.9. The molecule has 1 aliphatic heterocycles. The standard InChI is InChI=1S/C14H18N2/c1-12-6-8-13(9-7-12)14-5-3-4-10-16(14)11-15-2/h3-6,8-9,12H,2,7,10-11H2,1H3. The molecule has 2 rings (SSSR count). The van der Waals surface area contributed by atoms with Gasteiger partial charge >= 0.3 is 0 Å². The van der Waals surface area contributed by atoms with Crippen LogP contribution in [0.1, 0.15) is 13.3 Å². The normalized spacial score (nSPS) is 24.1. The molecule has 0 radical (unpaired) electrons. The van der Waals surface area contributed by atoms with Crippen molar-refractivity contribution in [2.45, 2.75) is 13.3 Å². The Morgan fingerprint density at radius 3 is 3.12 bits per heavy atom. The third-order valence-electron chi connectivity index (χ3n) is 2.94. The van der Waals surface area contributed by atoms with E-state index in [4.69, 9.17) is 0 Å². The SMILES string of the molecule is C=NCN1CC=CC=C1C1=CCC(C)C=C1. The average Bonchev–Trinajstić information content (AvgIpc) is 2.32. The first-order chi connectivity index (χ1) is 7.81. The van der Waals surface area contributed by atoms with Gasteiger partial charge in [-0.2, -0.15) is 0 Å². The highest BCUT2D eigenvalue weighted by Gasteiger charge is 2.14. The van der Waals surface area contributed by atoms with Gasteiger partial charge in [-0.05, 0) is 30.7 Å². The molecular formula is C14H18N2. The highest BCUT2D eigenvalue weighted by molar-refractivity contribution is 5.44. The minimum Gasteiger partial charge on any atom is -0.348 e. The minimum atomic E-state index is 0.662. The zero-order valence-corrected chi connectivity index (χ0v) is 9.76. The van der Waals surface area contributed by atoms with Crippen molar-refractivity contribution >= 4 is 6.72 Å². The van der Waals surface area contributed by atoms with Crippen LogP contribution in [0.25, 0.3) is 0 Å². The summed E-state index contributed by atoms with van der Waals surface area (Å²) in [5.74, 6) is 0.662. The maximum absolute atomic E-state index is 3.97. The van der Waals surface area contributed by atoms with E-state index < -0.39 is 0 Å². The second-order valence-corrected chi connectivity index (χ2v) is 4.30. The van der Waals surface area contributed by atoms with Crippen LogP contribution in [0, 0.1) is 5.92 Å². The highest BCUT2D eigenvalue weighted by atomic mass is 15.2. The fraction of sp³-hybridized carbons (Fsp3) is 0.357. The molecule has 1 unspecified atom stereocenters. The number of rotatable bonds is 3. The minimum absolute atomic E-state index is 0.662. The summed E-state index contributed by atoms with van der Waals surface area (Å²) in [7, 11) is 0. The van der Waals surface area contributed by atoms with Crippen LogP contribution in [0.2, 0.25) is 0 Å². The largest absolute Gasteiger partial charge is 0.348 e. The molecule has 2 nitrogen and oxygen atoms in total. The number of aliphatic imine (C=N–C) groups is 1. The van der Waals surface area contributed by atoms with Crippen LogP contribution in [-0.4, -0.2) is 24.8 Å². The molecule has 2 aliphatic rings. The molecule has 1 atom stereocenters. The summed E-state index contributed by atoms with van der Waals surface area (Å²) in [6, 6.07) is 0. The molecule has 0 aromatic rings. The van der Waals surface area contributed by atoms with Crippen molar-refractivity contribution in [3.63, 3.8) is 0 Å². The van der Waals surface area contributed by atoms with Gasteiger partial charge in [-0.15, -0.1) is 0 Å². The molecule has 0 spiro atoms. The monoisotopic (exact) mass is 214 g/mol. The Kier molecular flexibility index (Phi) is 3.40. The quantitative estimate of drug-likeness (QED) is 0.659. The number of hydrogen-bond acceptors (Lipinski definition) is 2. The molecule has 0 aromatic heterocycles. The van der Waals surface area contributed by atoms with E-state index in [1.807, 2.05) is 0 Å². The maximum Gasteiger partial charge on any atom is 0.109 e. The van der Waals surface area contributed by atoms with E-state index in [0.29, 0.717) is 12.6 Å². The van der Waals surface area contributed by atoms with Crippen LogP contribution >= 0.6 is 0 Å². The smallest absolute Gasteiger partial charge is 0.109 e. The third kappa shape index (κ3) is 2.32. The summed E-state index contributed by atoms with van der Waals surface area (Å²) < 4.78 is 0. The van der Waals surface area contributed by atoms with Gasteiger partial charge in [0.1, 0.15) is 6.67 Å². The average molecular weight is 214 g/mol. The molecule has 0 aromatic carbocycles. The molecular weight excluding hydrogens is 196 g/mol. The molecule has 1 heterocycles. The van der Waals surface area contributed by atoms with Crippen molar-refractivity contribution in [1.29, 1.82) is 0 Å². The molecule has 1 aliphatic carbocycles. The lowest BCUT2D eigenvalue weighted by atomic mass is 9.95. The van der Waals surface area contributed by atoms with Gasteiger partial charge in [-0.3, -0.25) is 4.99 Å². The van der Waals surface area contributed by atoms with Crippen molar-refractivity contribution in [3.8, 4) is 0 Å². The molecule has 2 heteroatoms. The molecule has 0 bridgehead atoms. The second kappa shape index (κ2) is 4.97. The molecule has 0 N–H and O–H groups in total. The van der Waals surface area contributed by atoms with Crippen molar-refractivity contribution in [2.24, 2.45) is 10.9 Å². The maximum atomic E-state index is 3.97. The predicted molar refractivity (Wildman–Crippen MR) is 69.3 cm³/mol. The number of allylic oxidation sites excluding steroid dienone is 5. The summed E-state index contributed by atoms with van der Waals surface area (Å²) in [5, 5.41) is 0. The lowest BCUT2D eigenvalue weighted by Gasteiger charge is -2.28. The van der Waals surface area contributed by atoms with Gasteiger partial charge in [0.25, 0.3) is 0 Å². The van der Waals surface area contributed by atoms with E-state index in [1.165, 1.54) is 11.3 Å². The fourth-order valence-electron chi connectivity index (χ4n) is 2.00. The molecule has 0 fully saturated rings. The lowest BCUT2D eigenvalue weighted by Crippen LogP contribution is -2.26. The van der Waals surface area contributed by atoms with Crippen LogP contribution in [-0.2, 0) is 0 Å². The topological polar surface area (TPSA) is 15.6 Å².